The molecule has 1 aromatic carbocycles. The van der Waals surface area contributed by atoms with Gasteiger partial charge >= 0.3 is 0 Å². The Kier molecular flexibility index (Phi) is 4.00. The summed E-state index contributed by atoms with van der Waals surface area (Å²) in [6, 6.07) is 16.5. The van der Waals surface area contributed by atoms with Crippen LogP contribution < -0.4 is 0 Å². The largest absolute Gasteiger partial charge is 0.289 e. The lowest BCUT2D eigenvalue weighted by Crippen LogP contribution is -2.47. The van der Waals surface area contributed by atoms with E-state index in [1.807, 2.05) is 6.20 Å². The molecule has 0 amide bonds. The summed E-state index contributed by atoms with van der Waals surface area (Å²) in [5.41, 5.74) is 5.45. The molecule has 2 aliphatic heterocycles. The maximum absolute atomic E-state index is 4.48. The molecule has 2 nitrogen and oxygen atoms in total. The lowest BCUT2D eigenvalue weighted by Gasteiger charge is -2.45. The molecule has 3 heterocycles. The first-order valence-electron chi connectivity index (χ1n) is 8.73. The van der Waals surface area contributed by atoms with Crippen molar-refractivity contribution in [2.24, 2.45) is 0 Å². The summed E-state index contributed by atoms with van der Waals surface area (Å²) in [5, 5.41) is 0. The van der Waals surface area contributed by atoms with Crippen LogP contribution in [0.25, 0.3) is 5.57 Å². The molecule has 4 rings (SSSR count). The van der Waals surface area contributed by atoms with Gasteiger partial charge in [-0.2, -0.15) is 0 Å². The fourth-order valence-corrected chi connectivity index (χ4v) is 4.18. The van der Waals surface area contributed by atoms with Crippen LogP contribution in [-0.4, -0.2) is 22.0 Å². The third-order valence-electron chi connectivity index (χ3n) is 5.34. The SMILES string of the molecule is Cc1ncccc1C1=CC2CCCC(C1)N2Cc1ccccc1. The van der Waals surface area contributed by atoms with Gasteiger partial charge in [-0.15, -0.1) is 0 Å². The van der Waals surface area contributed by atoms with Crippen LogP contribution in [0.4, 0.5) is 0 Å². The van der Waals surface area contributed by atoms with Gasteiger partial charge in [0.15, 0.2) is 0 Å². The Hall–Kier alpha value is -1.93. The van der Waals surface area contributed by atoms with Crippen LogP contribution in [0.5, 0.6) is 0 Å². The summed E-state index contributed by atoms with van der Waals surface area (Å²) in [5.74, 6) is 0. The Morgan fingerprint density at radius 2 is 1.96 bits per heavy atom. The van der Waals surface area contributed by atoms with Crippen LogP contribution in [0.15, 0.2) is 54.7 Å². The van der Waals surface area contributed by atoms with Crippen LogP contribution >= 0.6 is 0 Å². The minimum atomic E-state index is 0.581. The average molecular weight is 304 g/mol. The van der Waals surface area contributed by atoms with Crippen molar-refractivity contribution in [1.29, 1.82) is 0 Å². The summed E-state index contributed by atoms with van der Waals surface area (Å²) < 4.78 is 0. The smallest absolute Gasteiger partial charge is 0.0447 e. The number of hydrogen-bond donors (Lipinski definition) is 0. The van der Waals surface area contributed by atoms with Gasteiger partial charge in [0.2, 0.25) is 0 Å². The third-order valence-corrected chi connectivity index (χ3v) is 5.34. The zero-order valence-electron chi connectivity index (χ0n) is 13.8. The minimum absolute atomic E-state index is 0.581. The predicted molar refractivity (Wildman–Crippen MR) is 95.0 cm³/mol. The molecule has 23 heavy (non-hydrogen) atoms. The Bertz CT molecular complexity index is 705. The molecule has 0 radical (unpaired) electrons. The summed E-state index contributed by atoms with van der Waals surface area (Å²) in [6.07, 6.45) is 9.53. The average Bonchev–Trinajstić information content (AvgIpc) is 2.56. The fraction of sp³-hybridized carbons (Fsp3) is 0.381. The maximum Gasteiger partial charge on any atom is 0.0447 e. The van der Waals surface area contributed by atoms with Gasteiger partial charge in [-0.25, -0.2) is 0 Å². The molecule has 2 atom stereocenters. The minimum Gasteiger partial charge on any atom is -0.289 e. The highest BCUT2D eigenvalue weighted by Gasteiger charge is 2.34. The monoisotopic (exact) mass is 304 g/mol. The Labute approximate surface area is 138 Å². The first kappa shape index (κ1) is 14.6. The Balaban J connectivity index is 1.62. The van der Waals surface area contributed by atoms with E-state index in [1.54, 1.807) is 0 Å². The van der Waals surface area contributed by atoms with Crippen LogP contribution in [-0.2, 0) is 6.54 Å². The molecule has 0 saturated carbocycles. The van der Waals surface area contributed by atoms with Gasteiger partial charge in [-0.3, -0.25) is 9.88 Å². The molecule has 1 fully saturated rings. The summed E-state index contributed by atoms with van der Waals surface area (Å²) >= 11 is 0. The molecular formula is C21H24N2. The predicted octanol–water partition coefficient (Wildman–Crippen LogP) is 4.60. The molecule has 118 valence electrons. The standard InChI is InChI=1S/C21H24N2/c1-16-21(11-6-12-22-16)18-13-19-9-5-10-20(14-18)23(19)15-17-7-3-2-4-8-17/h2-4,6-8,11-13,19-20H,5,9-10,14-15H2,1H3. The molecule has 1 saturated heterocycles. The van der Waals surface area contributed by atoms with E-state index in [-0.39, 0.29) is 0 Å². The van der Waals surface area contributed by atoms with Crippen molar-refractivity contribution < 1.29 is 0 Å². The van der Waals surface area contributed by atoms with Gasteiger partial charge in [0, 0.05) is 30.5 Å². The van der Waals surface area contributed by atoms with Gasteiger partial charge in [0.05, 0.1) is 0 Å². The quantitative estimate of drug-likeness (QED) is 0.824. The number of aryl methyl sites for hydroxylation is 1. The number of rotatable bonds is 3. The van der Waals surface area contributed by atoms with Crippen LogP contribution in [0.3, 0.4) is 0 Å². The lowest BCUT2D eigenvalue weighted by molar-refractivity contribution is 0.0951. The molecular weight excluding hydrogens is 280 g/mol. The number of hydrogen-bond acceptors (Lipinski definition) is 2. The van der Waals surface area contributed by atoms with Gasteiger partial charge in [-0.1, -0.05) is 48.9 Å². The van der Waals surface area contributed by atoms with Gasteiger partial charge in [-0.05, 0) is 49.0 Å². The summed E-state index contributed by atoms with van der Waals surface area (Å²) in [6.45, 7) is 3.20. The van der Waals surface area contributed by atoms with E-state index in [2.05, 4.69) is 65.3 Å². The first-order valence-corrected chi connectivity index (χ1v) is 8.73. The zero-order valence-corrected chi connectivity index (χ0v) is 13.8. The van der Waals surface area contributed by atoms with Gasteiger partial charge in [0.25, 0.3) is 0 Å². The summed E-state index contributed by atoms with van der Waals surface area (Å²) in [4.78, 5) is 7.20. The molecule has 2 unspecified atom stereocenters. The molecule has 0 aliphatic carbocycles. The van der Waals surface area contributed by atoms with Crippen LogP contribution in [0.2, 0.25) is 0 Å². The third kappa shape index (κ3) is 2.96. The number of benzene rings is 1. The molecule has 1 aromatic heterocycles. The van der Waals surface area contributed by atoms with E-state index < -0.39 is 0 Å². The van der Waals surface area contributed by atoms with Crippen molar-refractivity contribution in [1.82, 2.24) is 9.88 Å². The summed E-state index contributed by atoms with van der Waals surface area (Å²) in [7, 11) is 0. The second kappa shape index (κ2) is 6.29. The van der Waals surface area contributed by atoms with E-state index in [0.29, 0.717) is 12.1 Å². The second-order valence-electron chi connectivity index (χ2n) is 6.84. The molecule has 0 N–H and O–H groups in total. The molecule has 2 heteroatoms. The molecule has 2 aliphatic rings. The first-order chi connectivity index (χ1) is 11.3. The van der Waals surface area contributed by atoms with E-state index in [0.717, 1.165) is 18.7 Å². The highest BCUT2D eigenvalue weighted by molar-refractivity contribution is 5.69. The molecule has 0 spiro atoms. The van der Waals surface area contributed by atoms with Gasteiger partial charge < -0.3 is 0 Å². The number of fused-ring (bicyclic) bond motifs is 2. The molecule has 2 aromatic rings. The highest BCUT2D eigenvalue weighted by Crippen LogP contribution is 2.38. The van der Waals surface area contributed by atoms with Crippen molar-refractivity contribution in [2.75, 3.05) is 0 Å². The van der Waals surface area contributed by atoms with Crippen LogP contribution in [0.1, 0.15) is 42.5 Å². The second-order valence-corrected chi connectivity index (χ2v) is 6.84. The topological polar surface area (TPSA) is 16.1 Å². The zero-order chi connectivity index (χ0) is 15.6. The van der Waals surface area contributed by atoms with Gasteiger partial charge in [0.1, 0.15) is 0 Å². The fourth-order valence-electron chi connectivity index (χ4n) is 4.18. The van der Waals surface area contributed by atoms with Crippen LogP contribution in [0, 0.1) is 6.92 Å². The lowest BCUT2D eigenvalue weighted by atomic mass is 9.82. The Morgan fingerprint density at radius 1 is 1.09 bits per heavy atom. The van der Waals surface area contributed by atoms with E-state index in [1.165, 1.54) is 36.0 Å². The van der Waals surface area contributed by atoms with Crippen molar-refractivity contribution in [3.63, 3.8) is 0 Å². The number of nitrogens with zero attached hydrogens (tertiary/aromatic N) is 2. The number of aromatic nitrogens is 1. The van der Waals surface area contributed by atoms with E-state index in [9.17, 15) is 0 Å². The maximum atomic E-state index is 4.48. The van der Waals surface area contributed by atoms with E-state index >= 15 is 0 Å². The van der Waals surface area contributed by atoms with E-state index in [4.69, 9.17) is 0 Å². The van der Waals surface area contributed by atoms with Crippen molar-refractivity contribution >= 4 is 5.57 Å². The van der Waals surface area contributed by atoms with Crippen molar-refractivity contribution in [2.45, 2.75) is 51.2 Å². The Morgan fingerprint density at radius 3 is 2.74 bits per heavy atom. The van der Waals surface area contributed by atoms with Crippen molar-refractivity contribution in [3.05, 3.63) is 71.6 Å². The van der Waals surface area contributed by atoms with Crippen molar-refractivity contribution in [3.8, 4) is 0 Å². The highest BCUT2D eigenvalue weighted by atomic mass is 15.2. The normalized spacial score (nSPS) is 24.3. The molecule has 2 bridgehead atoms. The number of piperidine rings is 1. The number of pyridine rings is 1.